The summed E-state index contributed by atoms with van der Waals surface area (Å²) in [6.07, 6.45) is 16.4. The second-order valence-corrected chi connectivity index (χ2v) is 14.1. The molecule has 1 aromatic heterocycles. The number of anilines is 6. The number of allylic oxidation sites excluding steroid dienone is 8. The third kappa shape index (κ3) is 6.16. The van der Waals surface area contributed by atoms with Gasteiger partial charge < -0.3 is 14.2 Å². The lowest BCUT2D eigenvalue weighted by molar-refractivity contribution is 0.616. The SMILES string of the molecule is C1=CC2=CC(c3ccc(N(c4ccc(N(c5ccccc5)c5cccc(-c6ccccc6)c5)cc4)c4ccc5occc5c4)c4ccccc34)=CCC2C=C1. The summed E-state index contributed by atoms with van der Waals surface area (Å²) in [7, 11) is 0. The van der Waals surface area contributed by atoms with Crippen LogP contribution in [0.25, 0.3) is 38.4 Å². The maximum absolute atomic E-state index is 5.77. The van der Waals surface area contributed by atoms with E-state index in [-0.39, 0.29) is 0 Å². The van der Waals surface area contributed by atoms with E-state index in [1.54, 1.807) is 6.26 Å². The monoisotopic (exact) mass is 706 g/mol. The van der Waals surface area contributed by atoms with E-state index in [0.29, 0.717) is 5.92 Å². The molecule has 0 spiro atoms. The molecular weight excluding hydrogens is 669 g/mol. The zero-order chi connectivity index (χ0) is 36.6. The van der Waals surface area contributed by atoms with Gasteiger partial charge in [0.2, 0.25) is 0 Å². The van der Waals surface area contributed by atoms with Gasteiger partial charge in [0.25, 0.3) is 0 Å². The summed E-state index contributed by atoms with van der Waals surface area (Å²) in [6.45, 7) is 0. The smallest absolute Gasteiger partial charge is 0.133 e. The van der Waals surface area contributed by atoms with Crippen LogP contribution in [0.5, 0.6) is 0 Å². The van der Waals surface area contributed by atoms with Crippen molar-refractivity contribution in [1.82, 2.24) is 0 Å². The summed E-state index contributed by atoms with van der Waals surface area (Å²) >= 11 is 0. The van der Waals surface area contributed by atoms with Crippen molar-refractivity contribution < 1.29 is 4.42 Å². The normalized spacial score (nSPS) is 14.7. The number of hydrogen-bond donors (Lipinski definition) is 0. The summed E-state index contributed by atoms with van der Waals surface area (Å²) in [4.78, 5) is 4.71. The number of nitrogens with zero attached hydrogens (tertiary/aromatic N) is 2. The maximum Gasteiger partial charge on any atom is 0.133 e. The van der Waals surface area contributed by atoms with Gasteiger partial charge in [-0.3, -0.25) is 0 Å². The summed E-state index contributed by atoms with van der Waals surface area (Å²) in [6, 6.07) is 60.8. The molecule has 55 heavy (non-hydrogen) atoms. The van der Waals surface area contributed by atoms with Gasteiger partial charge in [0.05, 0.1) is 12.0 Å². The van der Waals surface area contributed by atoms with E-state index in [1.165, 1.54) is 38.6 Å². The van der Waals surface area contributed by atoms with E-state index in [2.05, 4.69) is 210 Å². The van der Waals surface area contributed by atoms with Crippen LogP contribution >= 0.6 is 0 Å². The number of rotatable bonds is 8. The quantitative estimate of drug-likeness (QED) is 0.157. The van der Waals surface area contributed by atoms with Gasteiger partial charge in [-0.15, -0.1) is 0 Å². The topological polar surface area (TPSA) is 19.6 Å². The van der Waals surface area contributed by atoms with Crippen molar-refractivity contribution in [3.05, 3.63) is 224 Å². The van der Waals surface area contributed by atoms with Crippen LogP contribution in [-0.2, 0) is 0 Å². The molecule has 0 radical (unpaired) electrons. The van der Waals surface area contributed by atoms with Gasteiger partial charge in [-0.1, -0.05) is 127 Å². The lowest BCUT2D eigenvalue weighted by Gasteiger charge is -2.30. The van der Waals surface area contributed by atoms with E-state index < -0.39 is 0 Å². The fraction of sp³-hybridized carbons (Fsp3) is 0.0385. The predicted octanol–water partition coefficient (Wildman–Crippen LogP) is 14.6. The molecule has 8 aromatic rings. The second-order valence-electron chi connectivity index (χ2n) is 14.1. The van der Waals surface area contributed by atoms with E-state index in [1.807, 2.05) is 6.07 Å². The molecule has 1 unspecified atom stereocenters. The average molecular weight is 707 g/mol. The van der Waals surface area contributed by atoms with Crippen LogP contribution in [0.2, 0.25) is 0 Å². The van der Waals surface area contributed by atoms with E-state index >= 15 is 0 Å². The summed E-state index contributed by atoms with van der Waals surface area (Å²) in [5, 5.41) is 3.49. The van der Waals surface area contributed by atoms with Crippen molar-refractivity contribution >= 4 is 61.4 Å². The number of benzene rings is 7. The Bertz CT molecular complexity index is 2790. The minimum Gasteiger partial charge on any atom is -0.464 e. The Morgan fingerprint density at radius 3 is 2.02 bits per heavy atom. The van der Waals surface area contributed by atoms with Gasteiger partial charge in [0.1, 0.15) is 5.58 Å². The van der Waals surface area contributed by atoms with Crippen LogP contribution in [0.4, 0.5) is 34.1 Å². The highest BCUT2D eigenvalue weighted by Gasteiger charge is 2.22. The summed E-state index contributed by atoms with van der Waals surface area (Å²) < 4.78 is 5.77. The molecule has 2 aliphatic carbocycles. The van der Waals surface area contributed by atoms with Crippen molar-refractivity contribution in [2.75, 3.05) is 9.80 Å². The lowest BCUT2D eigenvalue weighted by Crippen LogP contribution is -2.13. The molecule has 1 atom stereocenters. The van der Waals surface area contributed by atoms with Crippen molar-refractivity contribution in [2.24, 2.45) is 5.92 Å². The van der Waals surface area contributed by atoms with Crippen LogP contribution in [0.1, 0.15) is 12.0 Å². The lowest BCUT2D eigenvalue weighted by atomic mass is 9.83. The molecule has 7 aromatic carbocycles. The first kappa shape index (κ1) is 32.5. The molecule has 0 aliphatic heterocycles. The fourth-order valence-electron chi connectivity index (χ4n) is 8.13. The van der Waals surface area contributed by atoms with Crippen molar-refractivity contribution in [3.8, 4) is 11.1 Å². The molecule has 10 rings (SSSR count). The van der Waals surface area contributed by atoms with Crippen molar-refractivity contribution in [1.29, 1.82) is 0 Å². The van der Waals surface area contributed by atoms with Crippen LogP contribution in [0.15, 0.2) is 223 Å². The van der Waals surface area contributed by atoms with Gasteiger partial charge >= 0.3 is 0 Å². The van der Waals surface area contributed by atoms with Crippen molar-refractivity contribution in [2.45, 2.75) is 6.42 Å². The molecule has 0 amide bonds. The van der Waals surface area contributed by atoms with Crippen LogP contribution in [0, 0.1) is 5.92 Å². The zero-order valence-electron chi connectivity index (χ0n) is 30.3. The van der Waals surface area contributed by atoms with Crippen LogP contribution < -0.4 is 9.80 Å². The molecule has 1 heterocycles. The summed E-state index contributed by atoms with van der Waals surface area (Å²) in [5.74, 6) is 0.459. The Morgan fingerprint density at radius 1 is 0.509 bits per heavy atom. The molecule has 262 valence electrons. The highest BCUT2D eigenvalue weighted by Crippen LogP contribution is 2.45. The Labute approximate surface area is 321 Å². The molecule has 0 N–H and O–H groups in total. The minimum absolute atomic E-state index is 0.459. The fourth-order valence-corrected chi connectivity index (χ4v) is 8.13. The molecular formula is C52H38N2O. The third-order valence-electron chi connectivity index (χ3n) is 10.8. The Morgan fingerprint density at radius 2 is 1.18 bits per heavy atom. The van der Waals surface area contributed by atoms with Gasteiger partial charge in [0.15, 0.2) is 0 Å². The molecule has 0 bridgehead atoms. The first-order valence-corrected chi connectivity index (χ1v) is 18.9. The van der Waals surface area contributed by atoms with E-state index in [4.69, 9.17) is 4.42 Å². The zero-order valence-corrected chi connectivity index (χ0v) is 30.3. The summed E-state index contributed by atoms with van der Waals surface area (Å²) in [5.41, 5.74) is 13.7. The van der Waals surface area contributed by atoms with Gasteiger partial charge in [-0.25, -0.2) is 0 Å². The first-order chi connectivity index (χ1) is 27.3. The molecule has 0 fully saturated rings. The van der Waals surface area contributed by atoms with Crippen LogP contribution in [0.3, 0.4) is 0 Å². The van der Waals surface area contributed by atoms with E-state index in [0.717, 1.165) is 51.5 Å². The number of fused-ring (bicyclic) bond motifs is 3. The first-order valence-electron chi connectivity index (χ1n) is 18.9. The minimum atomic E-state index is 0.459. The number of para-hydroxylation sites is 1. The second kappa shape index (κ2) is 14.0. The molecule has 0 saturated carbocycles. The largest absolute Gasteiger partial charge is 0.464 e. The molecule has 3 nitrogen and oxygen atoms in total. The molecule has 3 heteroatoms. The van der Waals surface area contributed by atoms with E-state index in [9.17, 15) is 0 Å². The highest BCUT2D eigenvalue weighted by atomic mass is 16.3. The van der Waals surface area contributed by atoms with Gasteiger partial charge in [0, 0.05) is 45.1 Å². The Kier molecular flexibility index (Phi) is 8.31. The number of furan rings is 1. The van der Waals surface area contributed by atoms with Gasteiger partial charge in [-0.2, -0.15) is 0 Å². The average Bonchev–Trinajstić information content (AvgIpc) is 3.74. The predicted molar refractivity (Wildman–Crippen MR) is 231 cm³/mol. The Hall–Kier alpha value is -7.10. The maximum atomic E-state index is 5.77. The Balaban J connectivity index is 1.09. The molecule has 0 saturated heterocycles. The number of hydrogen-bond acceptors (Lipinski definition) is 3. The van der Waals surface area contributed by atoms with Crippen molar-refractivity contribution in [3.63, 3.8) is 0 Å². The van der Waals surface area contributed by atoms with Crippen LogP contribution in [-0.4, -0.2) is 0 Å². The standard InChI is InChI=1S/C52H38N2O/c1-3-12-37(13-4-1)40-16-11-19-46(35-40)53(43-17-5-2-6-18-43)44-24-26-45(27-25-44)54(47-28-31-52-42(36-47)32-33-55-52)51-30-29-48(49-20-9-10-21-50(49)51)41-23-22-38-14-7-8-15-39(38)34-41/h1-21,23-36,38H,22H2. The third-order valence-corrected chi connectivity index (χ3v) is 10.8. The van der Waals surface area contributed by atoms with Gasteiger partial charge in [-0.05, 0) is 119 Å². The highest BCUT2D eigenvalue weighted by molar-refractivity contribution is 6.06. The molecule has 2 aliphatic rings.